The van der Waals surface area contributed by atoms with Crippen LogP contribution in [-0.4, -0.2) is 78.4 Å². The Balaban J connectivity index is 1.43. The van der Waals surface area contributed by atoms with Crippen molar-refractivity contribution in [1.82, 2.24) is 14.7 Å². The van der Waals surface area contributed by atoms with Crippen LogP contribution in [0.15, 0.2) is 18.2 Å². The minimum atomic E-state index is -0.284. The first-order valence-electron chi connectivity index (χ1n) is 10.3. The van der Waals surface area contributed by atoms with Gasteiger partial charge in [-0.05, 0) is 44.0 Å². The molecule has 0 bridgehead atoms. The Morgan fingerprint density at radius 1 is 1.11 bits per heavy atom. The summed E-state index contributed by atoms with van der Waals surface area (Å²) in [6.07, 6.45) is 1.87. The van der Waals surface area contributed by atoms with Crippen LogP contribution in [0.2, 0.25) is 5.02 Å². The number of likely N-dealkylation sites (tertiary alicyclic amines) is 1. The number of carbonyl (C=O) groups is 2. The number of piperazine rings is 1. The Morgan fingerprint density at radius 3 is 2.43 bits per heavy atom. The van der Waals surface area contributed by atoms with Crippen molar-refractivity contribution < 1.29 is 9.59 Å². The van der Waals surface area contributed by atoms with Crippen molar-refractivity contribution in [1.29, 1.82) is 0 Å². The van der Waals surface area contributed by atoms with E-state index >= 15 is 0 Å². The third kappa shape index (κ3) is 5.25. The number of amides is 2. The lowest BCUT2D eigenvalue weighted by Gasteiger charge is -2.42. The molecule has 7 heteroatoms. The van der Waals surface area contributed by atoms with E-state index in [1.54, 1.807) is 18.2 Å². The summed E-state index contributed by atoms with van der Waals surface area (Å²) in [6, 6.07) is 5.93. The largest absolute Gasteiger partial charge is 0.342 e. The number of nitrogens with zero attached hydrogens (tertiary/aromatic N) is 3. The van der Waals surface area contributed by atoms with Gasteiger partial charge in [-0.3, -0.25) is 14.5 Å². The van der Waals surface area contributed by atoms with Crippen LogP contribution in [0.5, 0.6) is 0 Å². The van der Waals surface area contributed by atoms with Gasteiger partial charge in [0, 0.05) is 56.0 Å². The van der Waals surface area contributed by atoms with Gasteiger partial charge in [-0.2, -0.15) is 0 Å². The van der Waals surface area contributed by atoms with E-state index in [-0.39, 0.29) is 18.2 Å². The van der Waals surface area contributed by atoms with Gasteiger partial charge in [-0.15, -0.1) is 0 Å². The maximum Gasteiger partial charge on any atom is 0.233 e. The third-order valence-corrected chi connectivity index (χ3v) is 6.45. The summed E-state index contributed by atoms with van der Waals surface area (Å²) < 4.78 is 0. The molecule has 1 aromatic rings. The van der Waals surface area contributed by atoms with E-state index in [1.165, 1.54) is 0 Å². The first kappa shape index (κ1) is 21.1. The number of hydrogen-bond donors (Lipinski definition) is 1. The van der Waals surface area contributed by atoms with Gasteiger partial charge in [0.25, 0.3) is 0 Å². The van der Waals surface area contributed by atoms with E-state index < -0.39 is 0 Å². The van der Waals surface area contributed by atoms with Crippen LogP contribution in [0.25, 0.3) is 0 Å². The average molecular weight is 407 g/mol. The summed E-state index contributed by atoms with van der Waals surface area (Å²) >= 11 is 6.09. The van der Waals surface area contributed by atoms with Crippen molar-refractivity contribution in [2.75, 3.05) is 51.1 Å². The van der Waals surface area contributed by atoms with Crippen molar-refractivity contribution in [3.05, 3.63) is 28.8 Å². The predicted molar refractivity (Wildman–Crippen MR) is 113 cm³/mol. The van der Waals surface area contributed by atoms with Crippen LogP contribution in [-0.2, 0) is 9.59 Å². The Bertz CT molecular complexity index is 696. The molecular formula is C21H31ClN4O2. The summed E-state index contributed by atoms with van der Waals surface area (Å²) in [5.74, 6) is -0.375. The van der Waals surface area contributed by atoms with Crippen molar-refractivity contribution >= 4 is 29.1 Å². The molecule has 2 fully saturated rings. The lowest BCUT2D eigenvalue weighted by molar-refractivity contribution is -0.136. The zero-order chi connectivity index (χ0) is 20.1. The number of benzene rings is 1. The number of likely N-dealkylation sites (N-methyl/N-ethyl adjacent to an activating group) is 1. The molecule has 28 heavy (non-hydrogen) atoms. The zero-order valence-electron chi connectivity index (χ0n) is 16.9. The van der Waals surface area contributed by atoms with E-state index in [9.17, 15) is 9.59 Å². The van der Waals surface area contributed by atoms with Crippen LogP contribution < -0.4 is 5.32 Å². The molecule has 0 radical (unpaired) electrons. The molecule has 2 aliphatic heterocycles. The second kappa shape index (κ2) is 9.72. The summed E-state index contributed by atoms with van der Waals surface area (Å²) in [7, 11) is 0. The Kier molecular flexibility index (Phi) is 7.32. The molecule has 0 saturated carbocycles. The summed E-state index contributed by atoms with van der Waals surface area (Å²) in [5.41, 5.74) is 1.48. The Morgan fingerprint density at radius 2 is 1.79 bits per heavy atom. The summed E-state index contributed by atoms with van der Waals surface area (Å²) in [4.78, 5) is 31.7. The van der Waals surface area contributed by atoms with Gasteiger partial charge in [0.05, 0.1) is 0 Å². The highest BCUT2D eigenvalue weighted by molar-refractivity contribution is 6.31. The van der Waals surface area contributed by atoms with Crippen LogP contribution in [0.3, 0.4) is 0 Å². The summed E-state index contributed by atoms with van der Waals surface area (Å²) in [5, 5.41) is 3.41. The molecule has 0 unspecified atom stereocenters. The first-order chi connectivity index (χ1) is 13.5. The molecule has 6 nitrogen and oxygen atoms in total. The number of rotatable bonds is 5. The van der Waals surface area contributed by atoms with Crippen LogP contribution >= 0.6 is 11.6 Å². The monoisotopic (exact) mass is 406 g/mol. The van der Waals surface area contributed by atoms with Crippen LogP contribution in [0.4, 0.5) is 5.69 Å². The molecule has 0 atom stereocenters. The number of piperidine rings is 1. The lowest BCUT2D eigenvalue weighted by Crippen LogP contribution is -2.53. The minimum absolute atomic E-state index is 0.0913. The fourth-order valence-electron chi connectivity index (χ4n) is 4.11. The van der Waals surface area contributed by atoms with Gasteiger partial charge < -0.3 is 15.1 Å². The number of anilines is 1. The van der Waals surface area contributed by atoms with Gasteiger partial charge in [0.1, 0.15) is 6.42 Å². The van der Waals surface area contributed by atoms with Gasteiger partial charge in [0.2, 0.25) is 11.8 Å². The van der Waals surface area contributed by atoms with Crippen LogP contribution in [0.1, 0.15) is 31.7 Å². The zero-order valence-corrected chi connectivity index (χ0v) is 17.7. The minimum Gasteiger partial charge on any atom is -0.342 e. The quantitative estimate of drug-likeness (QED) is 0.763. The topological polar surface area (TPSA) is 55.9 Å². The molecule has 2 heterocycles. The van der Waals surface area contributed by atoms with Gasteiger partial charge in [-0.25, -0.2) is 0 Å². The number of nitrogens with one attached hydrogen (secondary N) is 1. The van der Waals surface area contributed by atoms with Gasteiger partial charge >= 0.3 is 0 Å². The highest BCUT2D eigenvalue weighted by Gasteiger charge is 2.29. The molecule has 0 spiro atoms. The van der Waals surface area contributed by atoms with E-state index in [0.717, 1.165) is 64.2 Å². The maximum atomic E-state index is 12.5. The molecular weight excluding hydrogens is 376 g/mol. The van der Waals surface area contributed by atoms with Crippen molar-refractivity contribution in [2.45, 2.75) is 39.2 Å². The fourth-order valence-corrected chi connectivity index (χ4v) is 4.29. The van der Waals surface area contributed by atoms with Gasteiger partial charge in [0.15, 0.2) is 0 Å². The number of halogens is 1. The molecule has 0 aliphatic carbocycles. The van der Waals surface area contributed by atoms with Gasteiger partial charge in [-0.1, -0.05) is 24.6 Å². The van der Waals surface area contributed by atoms with E-state index in [4.69, 9.17) is 11.6 Å². The normalized spacial score (nSPS) is 19.6. The second-order valence-electron chi connectivity index (χ2n) is 7.72. The molecule has 2 amide bonds. The second-order valence-corrected chi connectivity index (χ2v) is 8.13. The fraction of sp³-hybridized carbons (Fsp3) is 0.619. The molecule has 1 N–H and O–H groups in total. The average Bonchev–Trinajstić information content (AvgIpc) is 2.71. The van der Waals surface area contributed by atoms with E-state index in [1.807, 2.05) is 11.8 Å². The standard InChI is InChI=1S/C21H31ClN4O2/c1-3-24-11-13-25(14-12-24)17-7-9-26(10-8-17)21(28)15-20(27)23-19-6-4-5-18(22)16(19)2/h4-6,17H,3,7-15H2,1-2H3,(H,23,27). The first-order valence-corrected chi connectivity index (χ1v) is 10.6. The molecule has 3 rings (SSSR count). The molecule has 1 aromatic carbocycles. The van der Waals surface area contributed by atoms with Crippen molar-refractivity contribution in [2.24, 2.45) is 0 Å². The SMILES string of the molecule is CCN1CCN(C2CCN(C(=O)CC(=O)Nc3cccc(Cl)c3C)CC2)CC1. The van der Waals surface area contributed by atoms with E-state index in [0.29, 0.717) is 16.8 Å². The molecule has 154 valence electrons. The lowest BCUT2D eigenvalue weighted by atomic mass is 10.0. The predicted octanol–water partition coefficient (Wildman–Crippen LogP) is 2.61. The highest BCUT2D eigenvalue weighted by atomic mass is 35.5. The Labute approximate surface area is 172 Å². The maximum absolute atomic E-state index is 12.5. The number of carbonyl (C=O) groups excluding carboxylic acids is 2. The molecule has 2 saturated heterocycles. The highest BCUT2D eigenvalue weighted by Crippen LogP contribution is 2.23. The summed E-state index contributed by atoms with van der Waals surface area (Å²) in [6.45, 7) is 11.2. The smallest absolute Gasteiger partial charge is 0.233 e. The third-order valence-electron chi connectivity index (χ3n) is 6.04. The number of hydrogen-bond acceptors (Lipinski definition) is 4. The van der Waals surface area contributed by atoms with E-state index in [2.05, 4.69) is 22.0 Å². The van der Waals surface area contributed by atoms with Crippen LogP contribution in [0, 0.1) is 6.92 Å². The van der Waals surface area contributed by atoms with Crippen molar-refractivity contribution in [3.8, 4) is 0 Å². The van der Waals surface area contributed by atoms with Crippen molar-refractivity contribution in [3.63, 3.8) is 0 Å². The Hall–Kier alpha value is -1.63. The molecule has 0 aromatic heterocycles. The molecule has 2 aliphatic rings.